The zero-order chi connectivity index (χ0) is 14.7. The van der Waals surface area contributed by atoms with Crippen molar-refractivity contribution in [1.82, 2.24) is 4.90 Å². The number of carbonyl (C=O) groups is 2. The molecule has 1 N–H and O–H groups in total. The number of rotatable bonds is 4. The first-order valence-corrected chi connectivity index (χ1v) is 6.10. The van der Waals surface area contributed by atoms with Gasteiger partial charge in [0.25, 0.3) is 0 Å². The summed E-state index contributed by atoms with van der Waals surface area (Å²) in [5.41, 5.74) is -0.0826. The molecule has 0 fully saturated rings. The van der Waals surface area contributed by atoms with Crippen LogP contribution in [0.3, 0.4) is 0 Å². The highest BCUT2D eigenvalue weighted by Crippen LogP contribution is 2.27. The zero-order valence-corrected chi connectivity index (χ0v) is 11.6. The summed E-state index contributed by atoms with van der Waals surface area (Å²) in [4.78, 5) is 24.1. The largest absolute Gasteiger partial charge is 0.479 e. The maximum atomic E-state index is 13.9. The normalized spacial score (nSPS) is 12.3. The van der Waals surface area contributed by atoms with Crippen molar-refractivity contribution in [3.8, 4) is 0 Å². The first-order chi connectivity index (χ1) is 8.75. The number of halogens is 2. The summed E-state index contributed by atoms with van der Waals surface area (Å²) in [7, 11) is 0. The summed E-state index contributed by atoms with van der Waals surface area (Å²) >= 11 is 5.64. The van der Waals surface area contributed by atoms with E-state index in [1.54, 1.807) is 13.8 Å². The predicted molar refractivity (Wildman–Crippen MR) is 69.4 cm³/mol. The van der Waals surface area contributed by atoms with Gasteiger partial charge in [-0.1, -0.05) is 17.7 Å². The van der Waals surface area contributed by atoms with E-state index in [9.17, 15) is 19.1 Å². The van der Waals surface area contributed by atoms with Gasteiger partial charge in [0.05, 0.1) is 0 Å². The summed E-state index contributed by atoms with van der Waals surface area (Å²) in [6.07, 6.45) is 0. The minimum atomic E-state index is -1.37. The molecule has 0 aliphatic carbocycles. The molecule has 0 bridgehead atoms. The van der Waals surface area contributed by atoms with Crippen LogP contribution in [-0.4, -0.2) is 27.9 Å². The second-order valence-electron chi connectivity index (χ2n) is 4.43. The third kappa shape index (κ3) is 3.44. The third-order valence-corrected chi connectivity index (χ3v) is 2.92. The molecule has 6 heteroatoms. The lowest BCUT2D eigenvalue weighted by molar-refractivity contribution is -0.151. The average molecular weight is 288 g/mol. The van der Waals surface area contributed by atoms with Gasteiger partial charge in [0.2, 0.25) is 5.91 Å². The van der Waals surface area contributed by atoms with Gasteiger partial charge >= 0.3 is 5.97 Å². The van der Waals surface area contributed by atoms with Crippen molar-refractivity contribution in [3.63, 3.8) is 0 Å². The number of carboxylic acids is 1. The maximum Gasteiger partial charge on any atom is 0.331 e. The van der Waals surface area contributed by atoms with Crippen LogP contribution in [-0.2, 0) is 9.59 Å². The van der Waals surface area contributed by atoms with Gasteiger partial charge in [0, 0.05) is 23.6 Å². The van der Waals surface area contributed by atoms with Crippen molar-refractivity contribution in [2.45, 2.75) is 32.9 Å². The van der Waals surface area contributed by atoms with Gasteiger partial charge in [-0.15, -0.1) is 0 Å². The molecule has 0 radical (unpaired) electrons. The standard InChI is InChI=1S/C13H15ClFNO3/c1-7(2)16(8(3)17)12(13(18)19)10-5-4-9(14)6-11(10)15/h4-7,12H,1-3H3,(H,18,19). The highest BCUT2D eigenvalue weighted by molar-refractivity contribution is 6.30. The lowest BCUT2D eigenvalue weighted by atomic mass is 10.0. The van der Waals surface area contributed by atoms with E-state index in [4.69, 9.17) is 11.6 Å². The smallest absolute Gasteiger partial charge is 0.331 e. The van der Waals surface area contributed by atoms with E-state index in [-0.39, 0.29) is 16.6 Å². The van der Waals surface area contributed by atoms with Gasteiger partial charge in [0.15, 0.2) is 6.04 Å². The lowest BCUT2D eigenvalue weighted by Crippen LogP contribution is -2.42. The van der Waals surface area contributed by atoms with Crippen molar-refractivity contribution in [2.75, 3.05) is 0 Å². The van der Waals surface area contributed by atoms with E-state index in [1.165, 1.54) is 19.1 Å². The molecule has 0 saturated carbocycles. The van der Waals surface area contributed by atoms with E-state index in [1.807, 2.05) is 0 Å². The highest BCUT2D eigenvalue weighted by atomic mass is 35.5. The number of benzene rings is 1. The van der Waals surface area contributed by atoms with Crippen LogP contribution in [0.4, 0.5) is 4.39 Å². The van der Waals surface area contributed by atoms with Crippen LogP contribution in [0.1, 0.15) is 32.4 Å². The van der Waals surface area contributed by atoms with Gasteiger partial charge in [0.1, 0.15) is 5.82 Å². The van der Waals surface area contributed by atoms with E-state index < -0.39 is 23.7 Å². The second-order valence-corrected chi connectivity index (χ2v) is 4.86. The van der Waals surface area contributed by atoms with Gasteiger partial charge in [-0.2, -0.15) is 0 Å². The number of carboxylic acid groups (broad SMARTS) is 1. The van der Waals surface area contributed by atoms with Crippen molar-refractivity contribution in [1.29, 1.82) is 0 Å². The molecule has 1 aromatic carbocycles. The summed E-state index contributed by atoms with van der Waals surface area (Å²) in [6.45, 7) is 4.60. The Balaban J connectivity index is 3.34. The highest BCUT2D eigenvalue weighted by Gasteiger charge is 2.33. The molecular weight excluding hydrogens is 273 g/mol. The van der Waals surface area contributed by atoms with Crippen molar-refractivity contribution in [3.05, 3.63) is 34.6 Å². The fourth-order valence-corrected chi connectivity index (χ4v) is 2.13. The van der Waals surface area contributed by atoms with Crippen LogP contribution < -0.4 is 0 Å². The first kappa shape index (κ1) is 15.4. The Kier molecular flexibility index (Phi) is 4.89. The molecule has 0 aliphatic heterocycles. The van der Waals surface area contributed by atoms with E-state index in [2.05, 4.69) is 0 Å². The fourth-order valence-electron chi connectivity index (χ4n) is 1.97. The predicted octanol–water partition coefficient (Wildman–Crippen LogP) is 2.86. The van der Waals surface area contributed by atoms with Crippen LogP contribution in [0.15, 0.2) is 18.2 Å². The Morgan fingerprint density at radius 2 is 1.95 bits per heavy atom. The minimum Gasteiger partial charge on any atom is -0.479 e. The Bertz CT molecular complexity index is 505. The van der Waals surface area contributed by atoms with Gasteiger partial charge in [-0.3, -0.25) is 4.79 Å². The number of nitrogens with zero attached hydrogens (tertiary/aromatic N) is 1. The molecule has 0 spiro atoms. The first-order valence-electron chi connectivity index (χ1n) is 5.72. The third-order valence-electron chi connectivity index (χ3n) is 2.69. The number of amides is 1. The van der Waals surface area contributed by atoms with E-state index in [0.29, 0.717) is 0 Å². The molecule has 1 rings (SSSR count). The summed E-state index contributed by atoms with van der Waals surface area (Å²) in [5, 5.41) is 9.47. The van der Waals surface area contributed by atoms with Crippen molar-refractivity contribution in [2.24, 2.45) is 0 Å². The average Bonchev–Trinajstić information content (AvgIpc) is 2.25. The van der Waals surface area contributed by atoms with Crippen LogP contribution in [0.2, 0.25) is 5.02 Å². The molecule has 1 atom stereocenters. The van der Waals surface area contributed by atoms with Gasteiger partial charge in [-0.25, -0.2) is 9.18 Å². The zero-order valence-electron chi connectivity index (χ0n) is 10.9. The second kappa shape index (κ2) is 6.02. The Hall–Kier alpha value is -1.62. The molecule has 1 aromatic rings. The molecule has 0 aliphatic rings. The Morgan fingerprint density at radius 3 is 2.32 bits per heavy atom. The number of hydrogen-bond donors (Lipinski definition) is 1. The maximum absolute atomic E-state index is 13.9. The number of aliphatic carboxylic acids is 1. The molecule has 19 heavy (non-hydrogen) atoms. The summed E-state index contributed by atoms with van der Waals surface area (Å²) < 4.78 is 13.9. The molecule has 4 nitrogen and oxygen atoms in total. The molecule has 1 unspecified atom stereocenters. The lowest BCUT2D eigenvalue weighted by Gasteiger charge is -2.32. The summed E-state index contributed by atoms with van der Waals surface area (Å²) in [5.74, 6) is -2.46. The SMILES string of the molecule is CC(=O)N(C(C)C)C(C(=O)O)c1ccc(Cl)cc1F. The van der Waals surface area contributed by atoms with Gasteiger partial charge in [-0.05, 0) is 26.0 Å². The van der Waals surface area contributed by atoms with Crippen LogP contribution in [0, 0.1) is 5.82 Å². The molecule has 0 saturated heterocycles. The molecule has 1 amide bonds. The Morgan fingerprint density at radius 1 is 1.37 bits per heavy atom. The summed E-state index contributed by atoms with van der Waals surface area (Å²) in [6, 6.07) is 1.98. The molecule has 0 heterocycles. The van der Waals surface area contributed by atoms with Crippen LogP contribution in [0.5, 0.6) is 0 Å². The van der Waals surface area contributed by atoms with Crippen LogP contribution >= 0.6 is 11.6 Å². The van der Waals surface area contributed by atoms with Crippen molar-refractivity contribution >= 4 is 23.5 Å². The Labute approximate surface area is 115 Å². The minimum absolute atomic E-state index is 0.0826. The molecule has 104 valence electrons. The van der Waals surface area contributed by atoms with E-state index >= 15 is 0 Å². The number of carbonyl (C=O) groups excluding carboxylic acids is 1. The van der Waals surface area contributed by atoms with Crippen molar-refractivity contribution < 1.29 is 19.1 Å². The fraction of sp³-hybridized carbons (Fsp3) is 0.385. The quantitative estimate of drug-likeness (QED) is 0.926. The van der Waals surface area contributed by atoms with Gasteiger partial charge < -0.3 is 10.0 Å². The van der Waals surface area contributed by atoms with Crippen LogP contribution in [0.25, 0.3) is 0 Å². The topological polar surface area (TPSA) is 57.6 Å². The monoisotopic (exact) mass is 287 g/mol. The van der Waals surface area contributed by atoms with E-state index in [0.717, 1.165) is 11.0 Å². The molecular formula is C13H15ClFNO3. The molecule has 0 aromatic heterocycles. The number of hydrogen-bond acceptors (Lipinski definition) is 2.